The van der Waals surface area contributed by atoms with Crippen LogP contribution in [0.15, 0.2) is 24.3 Å². The number of aromatic carboxylic acids is 1. The van der Waals surface area contributed by atoms with Gasteiger partial charge < -0.3 is 10.4 Å². The highest BCUT2D eigenvalue weighted by atomic mass is 16.4. The van der Waals surface area contributed by atoms with E-state index in [1.165, 1.54) is 0 Å². The minimum absolute atomic E-state index is 0.0404. The summed E-state index contributed by atoms with van der Waals surface area (Å²) < 4.78 is 0. The molecule has 104 valence electrons. The number of amides is 1. The monoisotopic (exact) mass is 263 g/mol. The quantitative estimate of drug-likeness (QED) is 0.828. The molecular formula is C15H21NO3. The van der Waals surface area contributed by atoms with Gasteiger partial charge in [-0.3, -0.25) is 4.79 Å². The van der Waals surface area contributed by atoms with Crippen LogP contribution >= 0.6 is 0 Å². The molecule has 0 heterocycles. The fourth-order valence-corrected chi connectivity index (χ4v) is 1.69. The third kappa shape index (κ3) is 4.73. The van der Waals surface area contributed by atoms with E-state index in [1.54, 1.807) is 24.3 Å². The smallest absolute Gasteiger partial charge is 0.335 e. The summed E-state index contributed by atoms with van der Waals surface area (Å²) in [6, 6.07) is 6.92. The predicted octanol–water partition coefficient (Wildman–Crippen LogP) is 2.48. The van der Waals surface area contributed by atoms with Gasteiger partial charge in [0.1, 0.15) is 0 Å². The second-order valence-corrected chi connectivity index (χ2v) is 5.06. The van der Waals surface area contributed by atoms with Crippen LogP contribution in [0.1, 0.15) is 43.1 Å². The van der Waals surface area contributed by atoms with Crippen LogP contribution in [0.5, 0.6) is 0 Å². The maximum Gasteiger partial charge on any atom is 0.335 e. The van der Waals surface area contributed by atoms with E-state index in [9.17, 15) is 9.59 Å². The first kappa shape index (κ1) is 15.2. The molecule has 2 N–H and O–H groups in total. The van der Waals surface area contributed by atoms with Crippen molar-refractivity contribution in [3.63, 3.8) is 0 Å². The molecular weight excluding hydrogens is 242 g/mol. The number of hydrogen-bond donors (Lipinski definition) is 2. The zero-order valence-corrected chi connectivity index (χ0v) is 11.6. The molecule has 0 radical (unpaired) electrons. The molecule has 1 rings (SSSR count). The van der Waals surface area contributed by atoms with Crippen molar-refractivity contribution in [2.45, 2.75) is 39.7 Å². The molecule has 0 aromatic heterocycles. The third-order valence-electron chi connectivity index (χ3n) is 3.26. The molecule has 0 saturated heterocycles. The average molecular weight is 263 g/mol. The number of nitrogens with one attached hydrogen (secondary N) is 1. The Hall–Kier alpha value is -1.84. The van der Waals surface area contributed by atoms with E-state index in [0.29, 0.717) is 24.3 Å². The first-order valence-corrected chi connectivity index (χ1v) is 6.52. The molecule has 0 aliphatic heterocycles. The van der Waals surface area contributed by atoms with Crippen LogP contribution in [0.2, 0.25) is 0 Å². The minimum Gasteiger partial charge on any atom is -0.478 e. The van der Waals surface area contributed by atoms with Gasteiger partial charge in [0.25, 0.3) is 0 Å². The highest BCUT2D eigenvalue weighted by molar-refractivity contribution is 5.89. The number of hydrogen-bond acceptors (Lipinski definition) is 2. The van der Waals surface area contributed by atoms with Gasteiger partial charge in [-0.15, -0.1) is 0 Å². The summed E-state index contributed by atoms with van der Waals surface area (Å²) in [5.41, 5.74) is 0.967. The normalized spacial score (nSPS) is 12.2. The standard InChI is InChI=1S/C15H21NO3/c1-10(2)11(3)16-14(17)9-8-12-6-4-5-7-13(12)15(18)19/h4-7,10-11H,8-9H2,1-3H3,(H,16,17)(H,18,19). The maximum absolute atomic E-state index is 11.8. The van der Waals surface area contributed by atoms with Crippen molar-refractivity contribution < 1.29 is 14.7 Å². The van der Waals surface area contributed by atoms with Crippen molar-refractivity contribution in [3.05, 3.63) is 35.4 Å². The van der Waals surface area contributed by atoms with E-state index in [4.69, 9.17) is 5.11 Å². The lowest BCUT2D eigenvalue weighted by atomic mass is 10.0. The van der Waals surface area contributed by atoms with Gasteiger partial charge in [-0.05, 0) is 30.9 Å². The number of carboxylic acid groups (broad SMARTS) is 1. The molecule has 1 atom stereocenters. The molecule has 1 amide bonds. The van der Waals surface area contributed by atoms with Gasteiger partial charge in [0.2, 0.25) is 5.91 Å². The molecule has 19 heavy (non-hydrogen) atoms. The maximum atomic E-state index is 11.8. The Morgan fingerprint density at radius 2 is 1.84 bits per heavy atom. The zero-order valence-electron chi connectivity index (χ0n) is 11.6. The minimum atomic E-state index is -0.952. The molecule has 0 bridgehead atoms. The van der Waals surface area contributed by atoms with Crippen LogP contribution in [0.3, 0.4) is 0 Å². The Morgan fingerprint density at radius 1 is 1.21 bits per heavy atom. The van der Waals surface area contributed by atoms with Crippen LogP contribution in [0.25, 0.3) is 0 Å². The Bertz CT molecular complexity index is 454. The fourth-order valence-electron chi connectivity index (χ4n) is 1.69. The molecule has 0 aliphatic carbocycles. The lowest BCUT2D eigenvalue weighted by Gasteiger charge is -2.17. The van der Waals surface area contributed by atoms with Crippen molar-refractivity contribution in [2.24, 2.45) is 5.92 Å². The van der Waals surface area contributed by atoms with Crippen LogP contribution in [-0.4, -0.2) is 23.0 Å². The summed E-state index contributed by atoms with van der Waals surface area (Å²) in [5, 5.41) is 12.0. The molecule has 4 nitrogen and oxygen atoms in total. The average Bonchev–Trinajstić information content (AvgIpc) is 2.36. The van der Waals surface area contributed by atoms with E-state index in [-0.39, 0.29) is 17.5 Å². The zero-order chi connectivity index (χ0) is 14.4. The highest BCUT2D eigenvalue weighted by Crippen LogP contribution is 2.11. The highest BCUT2D eigenvalue weighted by Gasteiger charge is 2.13. The predicted molar refractivity (Wildman–Crippen MR) is 74.2 cm³/mol. The van der Waals surface area contributed by atoms with E-state index < -0.39 is 5.97 Å². The topological polar surface area (TPSA) is 66.4 Å². The Kier molecular flexibility index (Phi) is 5.55. The Morgan fingerprint density at radius 3 is 2.42 bits per heavy atom. The lowest BCUT2D eigenvalue weighted by molar-refractivity contribution is -0.121. The number of aryl methyl sites for hydroxylation is 1. The number of benzene rings is 1. The van der Waals surface area contributed by atoms with Crippen molar-refractivity contribution in [2.75, 3.05) is 0 Å². The summed E-state index contributed by atoms with van der Waals surface area (Å²) in [5.74, 6) is -0.608. The SMILES string of the molecule is CC(C)C(C)NC(=O)CCc1ccccc1C(=O)O. The van der Waals surface area contributed by atoms with Crippen molar-refractivity contribution in [1.82, 2.24) is 5.32 Å². The summed E-state index contributed by atoms with van der Waals surface area (Å²) in [6.45, 7) is 6.06. The third-order valence-corrected chi connectivity index (χ3v) is 3.26. The second kappa shape index (κ2) is 6.92. The van der Waals surface area contributed by atoms with E-state index >= 15 is 0 Å². The van der Waals surface area contributed by atoms with Crippen molar-refractivity contribution in [3.8, 4) is 0 Å². The largest absolute Gasteiger partial charge is 0.478 e. The molecule has 1 unspecified atom stereocenters. The van der Waals surface area contributed by atoms with Crippen LogP contribution in [0, 0.1) is 5.92 Å². The van der Waals surface area contributed by atoms with E-state index in [2.05, 4.69) is 5.32 Å². The molecule has 1 aromatic carbocycles. The fraction of sp³-hybridized carbons (Fsp3) is 0.467. The van der Waals surface area contributed by atoms with Crippen LogP contribution < -0.4 is 5.32 Å². The molecule has 4 heteroatoms. The number of carboxylic acids is 1. The molecule has 0 aliphatic rings. The van der Waals surface area contributed by atoms with Gasteiger partial charge in [-0.25, -0.2) is 4.79 Å². The number of carbonyl (C=O) groups is 2. The summed E-state index contributed by atoms with van der Waals surface area (Å²) in [4.78, 5) is 22.8. The van der Waals surface area contributed by atoms with E-state index in [0.717, 1.165) is 0 Å². The van der Waals surface area contributed by atoms with Gasteiger partial charge in [-0.1, -0.05) is 32.0 Å². The Labute approximate surface area is 113 Å². The first-order valence-electron chi connectivity index (χ1n) is 6.52. The molecule has 1 aromatic rings. The lowest BCUT2D eigenvalue weighted by Crippen LogP contribution is -2.36. The molecule has 0 spiro atoms. The van der Waals surface area contributed by atoms with Crippen molar-refractivity contribution >= 4 is 11.9 Å². The van der Waals surface area contributed by atoms with Gasteiger partial charge >= 0.3 is 5.97 Å². The van der Waals surface area contributed by atoms with Crippen molar-refractivity contribution in [1.29, 1.82) is 0 Å². The molecule has 0 saturated carbocycles. The Balaban J connectivity index is 2.58. The van der Waals surface area contributed by atoms with Gasteiger partial charge in [0.15, 0.2) is 0 Å². The second-order valence-electron chi connectivity index (χ2n) is 5.06. The summed E-state index contributed by atoms with van der Waals surface area (Å²) in [7, 11) is 0. The summed E-state index contributed by atoms with van der Waals surface area (Å²) >= 11 is 0. The number of carbonyl (C=O) groups excluding carboxylic acids is 1. The number of rotatable bonds is 6. The summed E-state index contributed by atoms with van der Waals surface area (Å²) in [6.07, 6.45) is 0.750. The van der Waals surface area contributed by atoms with Crippen LogP contribution in [-0.2, 0) is 11.2 Å². The first-order chi connectivity index (χ1) is 8.91. The van der Waals surface area contributed by atoms with Gasteiger partial charge in [-0.2, -0.15) is 0 Å². The van der Waals surface area contributed by atoms with Gasteiger partial charge in [0, 0.05) is 12.5 Å². The van der Waals surface area contributed by atoms with E-state index in [1.807, 2.05) is 20.8 Å². The van der Waals surface area contributed by atoms with Crippen LogP contribution in [0.4, 0.5) is 0 Å². The van der Waals surface area contributed by atoms with Gasteiger partial charge in [0.05, 0.1) is 5.56 Å². The molecule has 0 fully saturated rings.